The van der Waals surface area contributed by atoms with E-state index in [4.69, 9.17) is 0 Å². The third kappa shape index (κ3) is 1.59. The molecule has 3 rings (SSSR count). The second-order valence-electron chi connectivity index (χ2n) is 4.68. The molecule has 2 aliphatic rings. The maximum atomic E-state index is 4.26. The normalized spacial score (nSPS) is 29.0. The topological polar surface area (TPSA) is 24.9 Å². The Kier molecular flexibility index (Phi) is 2.10. The molecular formula is C13H16N2. The van der Waals surface area contributed by atoms with Gasteiger partial charge in [-0.15, -0.1) is 0 Å². The van der Waals surface area contributed by atoms with Crippen molar-refractivity contribution in [1.82, 2.24) is 10.3 Å². The SMILES string of the molecule is Cc1cncc(C2=C[C@H]3NC[C@H]3CC2)c1. The number of nitrogens with zero attached hydrogens (tertiary/aromatic N) is 1. The molecule has 0 radical (unpaired) electrons. The van der Waals surface area contributed by atoms with Crippen molar-refractivity contribution in [3.05, 3.63) is 35.7 Å². The zero-order valence-corrected chi connectivity index (χ0v) is 9.03. The number of fused-ring (bicyclic) bond motifs is 1. The van der Waals surface area contributed by atoms with Crippen LogP contribution in [0.1, 0.15) is 24.0 Å². The molecule has 1 N–H and O–H groups in total. The van der Waals surface area contributed by atoms with Gasteiger partial charge in [-0.2, -0.15) is 0 Å². The molecule has 0 spiro atoms. The number of allylic oxidation sites excluding steroid dienone is 1. The Balaban J connectivity index is 1.91. The molecule has 0 amide bonds. The van der Waals surface area contributed by atoms with E-state index in [1.54, 1.807) is 0 Å². The third-order valence-electron chi connectivity index (χ3n) is 3.53. The van der Waals surface area contributed by atoms with Crippen molar-refractivity contribution in [2.45, 2.75) is 25.8 Å². The van der Waals surface area contributed by atoms with Gasteiger partial charge in [-0.05, 0) is 48.4 Å². The number of aryl methyl sites for hydroxylation is 1. The van der Waals surface area contributed by atoms with E-state index in [0.717, 1.165) is 5.92 Å². The standard InChI is InChI=1S/C13H16N2/c1-9-4-12(7-14-6-9)10-2-3-11-8-15-13(11)5-10/h4-7,11,13,15H,2-3,8H2,1H3/t11-,13-/m1/s1. The molecule has 2 heterocycles. The Bertz CT molecular complexity index is 409. The monoisotopic (exact) mass is 200 g/mol. The summed E-state index contributed by atoms with van der Waals surface area (Å²) in [6.07, 6.45) is 8.84. The molecule has 1 aromatic rings. The molecule has 78 valence electrons. The van der Waals surface area contributed by atoms with Gasteiger partial charge >= 0.3 is 0 Å². The van der Waals surface area contributed by atoms with E-state index < -0.39 is 0 Å². The minimum atomic E-state index is 0.634. The number of aromatic nitrogens is 1. The van der Waals surface area contributed by atoms with Crippen LogP contribution in [0.2, 0.25) is 0 Å². The summed E-state index contributed by atoms with van der Waals surface area (Å²) in [5.74, 6) is 0.895. The molecule has 1 aliphatic heterocycles. The van der Waals surface area contributed by atoms with Crippen molar-refractivity contribution in [1.29, 1.82) is 0 Å². The summed E-state index contributed by atoms with van der Waals surface area (Å²) >= 11 is 0. The van der Waals surface area contributed by atoms with Crippen LogP contribution in [-0.4, -0.2) is 17.6 Å². The molecule has 2 heteroatoms. The number of hydrogen-bond donors (Lipinski definition) is 1. The first-order valence-electron chi connectivity index (χ1n) is 5.69. The van der Waals surface area contributed by atoms with Crippen molar-refractivity contribution in [2.75, 3.05) is 6.54 Å². The van der Waals surface area contributed by atoms with E-state index in [1.807, 2.05) is 12.4 Å². The van der Waals surface area contributed by atoms with Gasteiger partial charge in [0, 0.05) is 25.0 Å². The average molecular weight is 200 g/mol. The van der Waals surface area contributed by atoms with Crippen LogP contribution in [0.3, 0.4) is 0 Å². The molecule has 1 aromatic heterocycles. The Morgan fingerprint density at radius 3 is 3.00 bits per heavy atom. The summed E-state index contributed by atoms with van der Waals surface area (Å²) < 4.78 is 0. The van der Waals surface area contributed by atoms with E-state index >= 15 is 0 Å². The molecular weight excluding hydrogens is 184 g/mol. The summed E-state index contributed by atoms with van der Waals surface area (Å²) in [4.78, 5) is 4.26. The molecule has 0 aromatic carbocycles. The largest absolute Gasteiger partial charge is 0.310 e. The van der Waals surface area contributed by atoms with Crippen LogP contribution in [0.4, 0.5) is 0 Å². The number of hydrogen-bond acceptors (Lipinski definition) is 2. The molecule has 2 atom stereocenters. The van der Waals surface area contributed by atoms with E-state index in [0.29, 0.717) is 6.04 Å². The summed E-state index contributed by atoms with van der Waals surface area (Å²) in [5, 5.41) is 3.46. The maximum absolute atomic E-state index is 4.26. The highest BCUT2D eigenvalue weighted by atomic mass is 15.0. The Labute approximate surface area is 90.4 Å². The molecule has 0 unspecified atom stereocenters. The lowest BCUT2D eigenvalue weighted by Gasteiger charge is -2.40. The fourth-order valence-corrected chi connectivity index (χ4v) is 2.51. The van der Waals surface area contributed by atoms with Gasteiger partial charge in [-0.1, -0.05) is 6.08 Å². The van der Waals surface area contributed by atoms with Crippen LogP contribution in [0.15, 0.2) is 24.5 Å². The molecule has 15 heavy (non-hydrogen) atoms. The van der Waals surface area contributed by atoms with Crippen LogP contribution < -0.4 is 5.32 Å². The smallest absolute Gasteiger partial charge is 0.0343 e. The van der Waals surface area contributed by atoms with Crippen molar-refractivity contribution < 1.29 is 0 Å². The van der Waals surface area contributed by atoms with Gasteiger partial charge in [-0.3, -0.25) is 4.98 Å². The van der Waals surface area contributed by atoms with Crippen molar-refractivity contribution in [2.24, 2.45) is 5.92 Å². The van der Waals surface area contributed by atoms with Crippen LogP contribution in [-0.2, 0) is 0 Å². The van der Waals surface area contributed by atoms with Crippen molar-refractivity contribution >= 4 is 5.57 Å². The summed E-state index contributed by atoms with van der Waals surface area (Å²) in [5.41, 5.74) is 4.03. The van der Waals surface area contributed by atoms with Crippen molar-refractivity contribution in [3.8, 4) is 0 Å². The summed E-state index contributed by atoms with van der Waals surface area (Å²) in [7, 11) is 0. The van der Waals surface area contributed by atoms with E-state index in [2.05, 4.69) is 29.4 Å². The molecule has 1 saturated heterocycles. The highest BCUT2D eigenvalue weighted by Gasteiger charge is 2.31. The highest BCUT2D eigenvalue weighted by molar-refractivity contribution is 5.67. The van der Waals surface area contributed by atoms with Gasteiger partial charge in [0.05, 0.1) is 0 Å². The van der Waals surface area contributed by atoms with E-state index in [1.165, 1.54) is 36.1 Å². The van der Waals surface area contributed by atoms with Crippen LogP contribution in [0, 0.1) is 12.8 Å². The highest BCUT2D eigenvalue weighted by Crippen LogP contribution is 2.33. The molecule has 0 saturated carbocycles. The predicted octanol–water partition coefficient (Wildman–Crippen LogP) is 2.16. The first-order chi connectivity index (χ1) is 7.33. The first kappa shape index (κ1) is 9.10. The quantitative estimate of drug-likeness (QED) is 0.751. The van der Waals surface area contributed by atoms with Crippen molar-refractivity contribution in [3.63, 3.8) is 0 Å². The lowest BCUT2D eigenvalue weighted by atomic mass is 9.79. The number of pyridine rings is 1. The molecule has 0 bridgehead atoms. The van der Waals surface area contributed by atoms with Gasteiger partial charge < -0.3 is 5.32 Å². The third-order valence-corrected chi connectivity index (χ3v) is 3.53. The Morgan fingerprint density at radius 2 is 2.33 bits per heavy atom. The second kappa shape index (κ2) is 3.46. The lowest BCUT2D eigenvalue weighted by molar-refractivity contribution is 0.256. The minimum absolute atomic E-state index is 0.634. The average Bonchev–Trinajstić information content (AvgIpc) is 2.20. The Morgan fingerprint density at radius 1 is 1.40 bits per heavy atom. The van der Waals surface area contributed by atoms with Crippen LogP contribution in [0.25, 0.3) is 5.57 Å². The second-order valence-corrected chi connectivity index (χ2v) is 4.68. The molecule has 1 fully saturated rings. The maximum Gasteiger partial charge on any atom is 0.0343 e. The zero-order chi connectivity index (χ0) is 10.3. The van der Waals surface area contributed by atoms with Gasteiger partial charge in [0.1, 0.15) is 0 Å². The van der Waals surface area contributed by atoms with E-state index in [-0.39, 0.29) is 0 Å². The van der Waals surface area contributed by atoms with Gasteiger partial charge in [0.25, 0.3) is 0 Å². The molecule has 2 nitrogen and oxygen atoms in total. The summed E-state index contributed by atoms with van der Waals surface area (Å²) in [6, 6.07) is 2.87. The number of rotatable bonds is 1. The van der Waals surface area contributed by atoms with Crippen LogP contribution >= 0.6 is 0 Å². The first-order valence-corrected chi connectivity index (χ1v) is 5.69. The zero-order valence-electron chi connectivity index (χ0n) is 9.03. The Hall–Kier alpha value is -1.15. The van der Waals surface area contributed by atoms with Crippen LogP contribution in [0.5, 0.6) is 0 Å². The minimum Gasteiger partial charge on any atom is -0.310 e. The van der Waals surface area contributed by atoms with Gasteiger partial charge in [0.15, 0.2) is 0 Å². The van der Waals surface area contributed by atoms with Gasteiger partial charge in [0.2, 0.25) is 0 Å². The van der Waals surface area contributed by atoms with Gasteiger partial charge in [-0.25, -0.2) is 0 Å². The lowest BCUT2D eigenvalue weighted by Crippen LogP contribution is -2.52. The number of nitrogens with one attached hydrogen (secondary N) is 1. The summed E-state index contributed by atoms with van der Waals surface area (Å²) in [6.45, 7) is 3.31. The fraction of sp³-hybridized carbons (Fsp3) is 0.462. The van der Waals surface area contributed by atoms with E-state index in [9.17, 15) is 0 Å². The predicted molar refractivity (Wildman–Crippen MR) is 61.5 cm³/mol. The molecule has 1 aliphatic carbocycles. The fourth-order valence-electron chi connectivity index (χ4n) is 2.51.